The average molecular weight is 391 g/mol. The van der Waals surface area contributed by atoms with Crippen LogP contribution in [0.5, 0.6) is 0 Å². The van der Waals surface area contributed by atoms with Gasteiger partial charge in [-0.05, 0) is 56.7 Å². The summed E-state index contributed by atoms with van der Waals surface area (Å²) in [5.41, 5.74) is 0.216. The monoisotopic (exact) mass is 390 g/mol. The van der Waals surface area contributed by atoms with Gasteiger partial charge in [-0.2, -0.15) is 0 Å². The molecule has 0 radical (unpaired) electrons. The van der Waals surface area contributed by atoms with E-state index in [9.17, 15) is 14.0 Å². The Bertz CT molecular complexity index is 876. The van der Waals surface area contributed by atoms with Gasteiger partial charge in [0.05, 0.1) is 5.69 Å². The summed E-state index contributed by atoms with van der Waals surface area (Å²) in [5.74, 6) is -1.17. The fourth-order valence-corrected chi connectivity index (χ4v) is 2.27. The first-order valence-corrected chi connectivity index (χ1v) is 8.55. The number of nitrogens with one attached hydrogen (secondary N) is 2. The average Bonchev–Trinajstić information content (AvgIpc) is 2.55. The minimum absolute atomic E-state index is 0.0719. The molecule has 2 rings (SSSR count). The summed E-state index contributed by atoms with van der Waals surface area (Å²) in [4.78, 5) is 23.9. The van der Waals surface area contributed by atoms with Crippen LogP contribution in [0.1, 0.15) is 26.3 Å². The van der Waals surface area contributed by atoms with Crippen molar-refractivity contribution in [2.24, 2.45) is 0 Å². The molecule has 0 atom stereocenters. The predicted molar refractivity (Wildman–Crippen MR) is 105 cm³/mol. The van der Waals surface area contributed by atoms with Crippen LogP contribution < -0.4 is 10.6 Å². The van der Waals surface area contributed by atoms with Crippen molar-refractivity contribution in [3.8, 4) is 0 Å². The lowest BCUT2D eigenvalue weighted by Gasteiger charge is -2.19. The van der Waals surface area contributed by atoms with Gasteiger partial charge in [-0.15, -0.1) is 0 Å². The molecule has 2 aromatic rings. The zero-order valence-electron chi connectivity index (χ0n) is 15.2. The fraction of sp³-hybridized carbons (Fsp3) is 0.200. The molecular formula is C20H20ClFN2O3. The second kappa shape index (κ2) is 8.68. The third kappa shape index (κ3) is 6.75. The molecule has 0 aliphatic heterocycles. The molecule has 0 spiro atoms. The van der Waals surface area contributed by atoms with E-state index in [-0.39, 0.29) is 11.4 Å². The van der Waals surface area contributed by atoms with Gasteiger partial charge in [0.25, 0.3) is 0 Å². The summed E-state index contributed by atoms with van der Waals surface area (Å²) in [5, 5.41) is 5.41. The Labute approximate surface area is 162 Å². The minimum Gasteiger partial charge on any atom is -0.444 e. The SMILES string of the molecule is CC(C)(C)OC(=O)Nc1ccc(F)c(NC(=O)C=Cc2ccccc2Cl)c1. The highest BCUT2D eigenvalue weighted by molar-refractivity contribution is 6.32. The van der Waals surface area contributed by atoms with Gasteiger partial charge in [-0.25, -0.2) is 9.18 Å². The third-order valence-electron chi connectivity index (χ3n) is 3.19. The number of carbonyl (C=O) groups is 2. The molecule has 0 aliphatic carbocycles. The summed E-state index contributed by atoms with van der Waals surface area (Å²) >= 11 is 6.01. The van der Waals surface area contributed by atoms with E-state index in [0.29, 0.717) is 10.6 Å². The van der Waals surface area contributed by atoms with Crippen molar-refractivity contribution in [2.75, 3.05) is 10.6 Å². The lowest BCUT2D eigenvalue weighted by Crippen LogP contribution is -2.27. The van der Waals surface area contributed by atoms with Gasteiger partial charge in [0.2, 0.25) is 5.91 Å². The number of halogens is 2. The van der Waals surface area contributed by atoms with Crippen LogP contribution in [0.2, 0.25) is 5.02 Å². The zero-order valence-corrected chi connectivity index (χ0v) is 15.9. The summed E-state index contributed by atoms with van der Waals surface area (Å²) in [6, 6.07) is 10.8. The summed E-state index contributed by atoms with van der Waals surface area (Å²) in [6.07, 6.45) is 2.09. The van der Waals surface area contributed by atoms with Crippen molar-refractivity contribution in [2.45, 2.75) is 26.4 Å². The number of carbonyl (C=O) groups excluding carboxylic acids is 2. The molecule has 0 unspecified atom stereocenters. The largest absolute Gasteiger partial charge is 0.444 e. The number of rotatable bonds is 4. The van der Waals surface area contributed by atoms with Gasteiger partial charge < -0.3 is 10.1 Å². The van der Waals surface area contributed by atoms with E-state index in [0.717, 1.165) is 6.07 Å². The van der Waals surface area contributed by atoms with Crippen LogP contribution in [-0.2, 0) is 9.53 Å². The first-order valence-electron chi connectivity index (χ1n) is 8.17. The highest BCUT2D eigenvalue weighted by Gasteiger charge is 2.16. The third-order valence-corrected chi connectivity index (χ3v) is 3.53. The van der Waals surface area contributed by atoms with Crippen LogP contribution in [0.3, 0.4) is 0 Å². The summed E-state index contributed by atoms with van der Waals surface area (Å²) in [7, 11) is 0. The minimum atomic E-state index is -0.676. The number of anilines is 2. The predicted octanol–water partition coefficient (Wildman–Crippen LogP) is 5.48. The lowest BCUT2D eigenvalue weighted by atomic mass is 10.2. The molecule has 27 heavy (non-hydrogen) atoms. The first kappa shape index (κ1) is 20.5. The maximum Gasteiger partial charge on any atom is 0.412 e. The molecule has 2 aromatic carbocycles. The smallest absolute Gasteiger partial charge is 0.412 e. The van der Waals surface area contributed by atoms with Gasteiger partial charge in [0, 0.05) is 16.8 Å². The molecule has 0 saturated heterocycles. The van der Waals surface area contributed by atoms with Crippen molar-refractivity contribution >= 4 is 41.1 Å². The van der Waals surface area contributed by atoms with Crippen molar-refractivity contribution in [3.05, 3.63) is 64.9 Å². The fourth-order valence-electron chi connectivity index (χ4n) is 2.07. The second-order valence-electron chi connectivity index (χ2n) is 6.67. The molecule has 7 heteroatoms. The van der Waals surface area contributed by atoms with Gasteiger partial charge in [-0.3, -0.25) is 10.1 Å². The molecule has 2 N–H and O–H groups in total. The molecule has 142 valence electrons. The van der Waals surface area contributed by atoms with Gasteiger partial charge in [0.1, 0.15) is 11.4 Å². The topological polar surface area (TPSA) is 67.4 Å². The molecular weight excluding hydrogens is 371 g/mol. The molecule has 0 saturated carbocycles. The van der Waals surface area contributed by atoms with E-state index in [4.69, 9.17) is 16.3 Å². The van der Waals surface area contributed by atoms with E-state index in [1.807, 2.05) is 0 Å². The zero-order chi connectivity index (χ0) is 20.0. The number of hydrogen-bond donors (Lipinski definition) is 2. The number of hydrogen-bond acceptors (Lipinski definition) is 3. The van der Waals surface area contributed by atoms with Crippen molar-refractivity contribution in [1.82, 2.24) is 0 Å². The Morgan fingerprint density at radius 3 is 2.48 bits per heavy atom. The van der Waals surface area contributed by atoms with Gasteiger partial charge in [-0.1, -0.05) is 29.8 Å². The molecule has 2 amide bonds. The normalized spacial score (nSPS) is 11.3. The quantitative estimate of drug-likeness (QED) is 0.679. The molecule has 0 aromatic heterocycles. The number of ether oxygens (including phenoxy) is 1. The molecule has 5 nitrogen and oxygen atoms in total. The van der Waals surface area contributed by atoms with E-state index in [2.05, 4.69) is 10.6 Å². The van der Waals surface area contributed by atoms with Crippen LogP contribution in [0, 0.1) is 5.82 Å². The molecule has 0 aliphatic rings. The molecule has 0 fully saturated rings. The molecule has 0 bridgehead atoms. The van der Waals surface area contributed by atoms with Gasteiger partial charge >= 0.3 is 6.09 Å². The van der Waals surface area contributed by atoms with Crippen LogP contribution in [0.4, 0.5) is 20.6 Å². The van der Waals surface area contributed by atoms with Crippen LogP contribution in [0.15, 0.2) is 48.5 Å². The standard InChI is InChI=1S/C20H20ClFN2O3/c1-20(2,3)27-19(26)23-14-9-10-16(22)17(12-14)24-18(25)11-8-13-6-4-5-7-15(13)21/h4-12H,1-3H3,(H,23,26)(H,24,25). The number of amides is 2. The van der Waals surface area contributed by atoms with E-state index in [1.54, 1.807) is 45.0 Å². The lowest BCUT2D eigenvalue weighted by molar-refractivity contribution is -0.111. The second-order valence-corrected chi connectivity index (χ2v) is 7.07. The van der Waals surface area contributed by atoms with E-state index < -0.39 is 23.4 Å². The Morgan fingerprint density at radius 2 is 1.81 bits per heavy atom. The van der Waals surface area contributed by atoms with E-state index in [1.165, 1.54) is 24.3 Å². The van der Waals surface area contributed by atoms with Crippen molar-refractivity contribution in [3.63, 3.8) is 0 Å². The Morgan fingerprint density at radius 1 is 1.11 bits per heavy atom. The molecule has 0 heterocycles. The highest BCUT2D eigenvalue weighted by Crippen LogP contribution is 2.21. The van der Waals surface area contributed by atoms with Crippen LogP contribution in [0.25, 0.3) is 6.08 Å². The first-order chi connectivity index (χ1) is 12.6. The van der Waals surface area contributed by atoms with Crippen molar-refractivity contribution in [1.29, 1.82) is 0 Å². The Kier molecular flexibility index (Phi) is 6.58. The van der Waals surface area contributed by atoms with Crippen LogP contribution in [-0.4, -0.2) is 17.6 Å². The van der Waals surface area contributed by atoms with Crippen LogP contribution >= 0.6 is 11.6 Å². The van der Waals surface area contributed by atoms with Crippen molar-refractivity contribution < 1.29 is 18.7 Å². The summed E-state index contributed by atoms with van der Waals surface area (Å²) < 4.78 is 19.1. The maximum absolute atomic E-state index is 14.0. The maximum atomic E-state index is 14.0. The van der Waals surface area contributed by atoms with Gasteiger partial charge in [0.15, 0.2) is 0 Å². The number of benzene rings is 2. The summed E-state index contributed by atoms with van der Waals surface area (Å²) in [6.45, 7) is 5.19. The van der Waals surface area contributed by atoms with E-state index >= 15 is 0 Å². The highest BCUT2D eigenvalue weighted by atomic mass is 35.5. The Hall–Kier alpha value is -2.86. The Balaban J connectivity index is 2.06.